The van der Waals surface area contributed by atoms with Crippen LogP contribution in [0.1, 0.15) is 52.1 Å². The third-order valence-electron chi connectivity index (χ3n) is 3.50. The number of ether oxygens (including phenoxy) is 1. The highest BCUT2D eigenvalue weighted by Crippen LogP contribution is 2.26. The van der Waals surface area contributed by atoms with Crippen LogP contribution in [0.15, 0.2) is 24.3 Å². The molecule has 0 aliphatic heterocycles. The van der Waals surface area contributed by atoms with Crippen LogP contribution < -0.4 is 4.74 Å². The van der Waals surface area contributed by atoms with Crippen molar-refractivity contribution in [1.29, 1.82) is 0 Å². The fourth-order valence-electron chi connectivity index (χ4n) is 2.24. The lowest BCUT2D eigenvalue weighted by atomic mass is 9.87. The second-order valence-electron chi connectivity index (χ2n) is 6.17. The van der Waals surface area contributed by atoms with Gasteiger partial charge in [0.1, 0.15) is 5.75 Å². The van der Waals surface area contributed by atoms with Crippen molar-refractivity contribution in [3.63, 3.8) is 0 Å². The van der Waals surface area contributed by atoms with E-state index in [4.69, 9.17) is 17.0 Å². The largest absolute Gasteiger partial charge is 0.483 e. The molecule has 0 saturated heterocycles. The zero-order chi connectivity index (χ0) is 15.6. The number of H-pyrrole nitrogens is 1. The second-order valence-corrected chi connectivity index (χ2v) is 6.55. The number of aromatic nitrogens is 3. The van der Waals surface area contributed by atoms with Gasteiger partial charge in [0.25, 0.3) is 0 Å². The molecule has 1 atom stereocenters. The summed E-state index contributed by atoms with van der Waals surface area (Å²) in [5.41, 5.74) is 1.44. The molecule has 5 heteroatoms. The Morgan fingerprint density at radius 2 is 1.90 bits per heavy atom. The highest BCUT2D eigenvalue weighted by molar-refractivity contribution is 7.71. The van der Waals surface area contributed by atoms with Crippen molar-refractivity contribution in [1.82, 2.24) is 14.8 Å². The third kappa shape index (κ3) is 3.53. The number of rotatable bonds is 4. The lowest BCUT2D eigenvalue weighted by Gasteiger charge is -2.20. The molecule has 0 aliphatic rings. The van der Waals surface area contributed by atoms with E-state index >= 15 is 0 Å². The zero-order valence-electron chi connectivity index (χ0n) is 13.3. The first kappa shape index (κ1) is 15.8. The smallest absolute Gasteiger partial charge is 0.195 e. The summed E-state index contributed by atoms with van der Waals surface area (Å²) in [4.78, 5) is 0. The van der Waals surface area contributed by atoms with Crippen molar-refractivity contribution in [3.05, 3.63) is 40.4 Å². The molecule has 0 fully saturated rings. The normalized spacial score (nSPS) is 13.2. The Bertz CT molecular complexity index is 649. The van der Waals surface area contributed by atoms with Crippen molar-refractivity contribution in [2.24, 2.45) is 0 Å². The average molecular weight is 305 g/mol. The molecule has 0 amide bonds. The van der Waals surface area contributed by atoms with E-state index in [9.17, 15) is 0 Å². The van der Waals surface area contributed by atoms with Crippen LogP contribution in [-0.2, 0) is 12.0 Å². The van der Waals surface area contributed by atoms with Crippen LogP contribution in [0, 0.1) is 4.77 Å². The van der Waals surface area contributed by atoms with Gasteiger partial charge < -0.3 is 9.30 Å². The molecule has 1 aromatic heterocycles. The molecule has 0 unspecified atom stereocenters. The number of nitrogens with zero attached hydrogens (tertiary/aromatic N) is 2. The van der Waals surface area contributed by atoms with E-state index in [1.54, 1.807) is 0 Å². The fraction of sp³-hybridized carbons (Fsp3) is 0.500. The number of benzene rings is 1. The Labute approximate surface area is 131 Å². The third-order valence-corrected chi connectivity index (χ3v) is 3.81. The molecular weight excluding hydrogens is 282 g/mol. The lowest BCUT2D eigenvalue weighted by molar-refractivity contribution is 0.210. The molecular formula is C16H23N3OS. The maximum Gasteiger partial charge on any atom is 0.195 e. The Morgan fingerprint density at radius 3 is 2.43 bits per heavy atom. The first-order valence-corrected chi connectivity index (χ1v) is 7.66. The van der Waals surface area contributed by atoms with Gasteiger partial charge >= 0.3 is 0 Å². The fourth-order valence-corrected chi connectivity index (χ4v) is 2.50. The predicted octanol–water partition coefficient (Wildman–Crippen LogP) is 4.40. The topological polar surface area (TPSA) is 42.8 Å². The van der Waals surface area contributed by atoms with Crippen molar-refractivity contribution in [2.45, 2.75) is 52.7 Å². The van der Waals surface area contributed by atoms with E-state index in [1.807, 2.05) is 30.5 Å². The molecule has 0 bridgehead atoms. The lowest BCUT2D eigenvalue weighted by Crippen LogP contribution is -2.12. The maximum absolute atomic E-state index is 5.97. The Hall–Kier alpha value is -1.62. The summed E-state index contributed by atoms with van der Waals surface area (Å²) in [6.45, 7) is 11.4. The van der Waals surface area contributed by atoms with Gasteiger partial charge in [-0.1, -0.05) is 32.9 Å². The number of nitrogens with one attached hydrogen (secondary N) is 1. The summed E-state index contributed by atoms with van der Waals surface area (Å²) >= 11 is 5.20. The summed E-state index contributed by atoms with van der Waals surface area (Å²) < 4.78 is 8.55. The Balaban J connectivity index is 2.16. The van der Waals surface area contributed by atoms with Gasteiger partial charge in [0.2, 0.25) is 0 Å². The molecule has 2 rings (SSSR count). The minimum Gasteiger partial charge on any atom is -0.483 e. The Morgan fingerprint density at radius 1 is 1.29 bits per heavy atom. The van der Waals surface area contributed by atoms with Gasteiger partial charge in [0, 0.05) is 6.54 Å². The van der Waals surface area contributed by atoms with Crippen molar-refractivity contribution in [3.8, 4) is 5.75 Å². The summed E-state index contributed by atoms with van der Waals surface area (Å²) in [5.74, 6) is 1.66. The van der Waals surface area contributed by atoms with Crippen molar-refractivity contribution in [2.75, 3.05) is 0 Å². The van der Waals surface area contributed by atoms with Crippen molar-refractivity contribution < 1.29 is 4.74 Å². The highest BCUT2D eigenvalue weighted by atomic mass is 32.1. The highest BCUT2D eigenvalue weighted by Gasteiger charge is 2.16. The van der Waals surface area contributed by atoms with Crippen LogP contribution in [-0.4, -0.2) is 14.8 Å². The molecule has 114 valence electrons. The van der Waals surface area contributed by atoms with E-state index < -0.39 is 0 Å². The Kier molecular flexibility index (Phi) is 4.52. The van der Waals surface area contributed by atoms with E-state index in [0.717, 1.165) is 18.1 Å². The molecule has 0 radical (unpaired) electrons. The molecule has 1 N–H and O–H groups in total. The summed E-state index contributed by atoms with van der Waals surface area (Å²) in [6.07, 6.45) is -0.154. The zero-order valence-corrected chi connectivity index (χ0v) is 14.1. The van der Waals surface area contributed by atoms with Gasteiger partial charge in [-0.25, -0.2) is 0 Å². The monoisotopic (exact) mass is 305 g/mol. The van der Waals surface area contributed by atoms with Crippen LogP contribution in [0.5, 0.6) is 5.75 Å². The van der Waals surface area contributed by atoms with Gasteiger partial charge in [-0.2, -0.15) is 5.10 Å². The van der Waals surface area contributed by atoms with E-state index in [0.29, 0.717) is 4.77 Å². The summed E-state index contributed by atoms with van der Waals surface area (Å²) in [6, 6.07) is 8.24. The minimum atomic E-state index is -0.154. The molecule has 2 aromatic rings. The summed E-state index contributed by atoms with van der Waals surface area (Å²) in [5, 5.41) is 7.08. The van der Waals surface area contributed by atoms with Crippen LogP contribution in [0.25, 0.3) is 0 Å². The molecule has 1 aromatic carbocycles. The predicted molar refractivity (Wildman–Crippen MR) is 87.3 cm³/mol. The molecule has 4 nitrogen and oxygen atoms in total. The number of aromatic amines is 1. The minimum absolute atomic E-state index is 0.148. The quantitative estimate of drug-likeness (QED) is 0.851. The van der Waals surface area contributed by atoms with Crippen LogP contribution in [0.3, 0.4) is 0 Å². The van der Waals surface area contributed by atoms with Gasteiger partial charge in [0.05, 0.1) is 0 Å². The second kappa shape index (κ2) is 6.02. The van der Waals surface area contributed by atoms with Crippen LogP contribution in [0.4, 0.5) is 0 Å². The van der Waals surface area contributed by atoms with Crippen LogP contribution >= 0.6 is 12.2 Å². The molecule has 0 aliphatic carbocycles. The SMILES string of the molecule is CCn1c([C@H](C)Oc2ccc(C(C)(C)C)cc2)n[nH]c1=S. The molecule has 1 heterocycles. The summed E-state index contributed by atoms with van der Waals surface area (Å²) in [7, 11) is 0. The van der Waals surface area contributed by atoms with E-state index in [2.05, 4.69) is 43.1 Å². The first-order chi connectivity index (χ1) is 9.82. The molecule has 0 saturated carbocycles. The standard InChI is InChI=1S/C16H23N3OS/c1-6-19-14(17-18-15(19)21)11(2)20-13-9-7-12(8-10-13)16(3,4)5/h7-11H,6H2,1-5H3,(H,18,21)/t11-/m0/s1. The first-order valence-electron chi connectivity index (χ1n) is 7.25. The van der Waals surface area contributed by atoms with E-state index in [-0.39, 0.29) is 11.5 Å². The van der Waals surface area contributed by atoms with Crippen molar-refractivity contribution >= 4 is 12.2 Å². The van der Waals surface area contributed by atoms with Gasteiger partial charge in [0.15, 0.2) is 16.7 Å². The number of hydrogen-bond acceptors (Lipinski definition) is 3. The van der Waals surface area contributed by atoms with E-state index in [1.165, 1.54) is 5.56 Å². The number of hydrogen-bond donors (Lipinski definition) is 1. The average Bonchev–Trinajstić information content (AvgIpc) is 2.79. The molecule has 21 heavy (non-hydrogen) atoms. The van der Waals surface area contributed by atoms with Crippen LogP contribution in [0.2, 0.25) is 0 Å². The maximum atomic E-state index is 5.97. The van der Waals surface area contributed by atoms with Gasteiger partial charge in [-0.3, -0.25) is 5.10 Å². The molecule has 0 spiro atoms. The van der Waals surface area contributed by atoms with Gasteiger partial charge in [-0.05, 0) is 49.2 Å². The van der Waals surface area contributed by atoms with Gasteiger partial charge in [-0.15, -0.1) is 0 Å².